The van der Waals surface area contributed by atoms with Crippen molar-refractivity contribution in [2.75, 3.05) is 13.1 Å². The van der Waals surface area contributed by atoms with Gasteiger partial charge in [0, 0.05) is 43.2 Å². The molecule has 2 aliphatic heterocycles. The summed E-state index contributed by atoms with van der Waals surface area (Å²) in [5.74, 6) is 0.125. The standard InChI is InChI=1S/C20H25N3O3S/c24-18(5-1-3-17-4-2-12-27-17)23-9-6-20(7-10-23)13-16(26-19(20)25)14-22-11-8-21-15-22/h2,4,8,11-12,15-16H,1,3,5-7,9-10,13-14H2. The molecule has 7 heteroatoms. The normalized spacial score (nSPS) is 21.6. The lowest BCUT2D eigenvalue weighted by Crippen LogP contribution is -2.45. The molecule has 2 aliphatic rings. The minimum absolute atomic E-state index is 0.0857. The van der Waals surface area contributed by atoms with Gasteiger partial charge in [0.1, 0.15) is 6.10 Å². The van der Waals surface area contributed by atoms with Crippen LogP contribution in [0.2, 0.25) is 0 Å². The van der Waals surface area contributed by atoms with Crippen LogP contribution in [0.25, 0.3) is 0 Å². The number of ether oxygens (including phenoxy) is 1. The maximum Gasteiger partial charge on any atom is 0.312 e. The number of piperidine rings is 1. The third kappa shape index (κ3) is 4.08. The van der Waals surface area contributed by atoms with Crippen molar-refractivity contribution < 1.29 is 14.3 Å². The molecule has 2 saturated heterocycles. The highest BCUT2D eigenvalue weighted by molar-refractivity contribution is 7.09. The van der Waals surface area contributed by atoms with E-state index >= 15 is 0 Å². The molecule has 4 rings (SSSR count). The number of hydrogen-bond donors (Lipinski definition) is 0. The smallest absolute Gasteiger partial charge is 0.312 e. The van der Waals surface area contributed by atoms with Crippen molar-refractivity contribution in [2.24, 2.45) is 5.41 Å². The van der Waals surface area contributed by atoms with E-state index in [0.29, 0.717) is 38.9 Å². The predicted octanol–water partition coefficient (Wildman–Crippen LogP) is 2.89. The van der Waals surface area contributed by atoms with Gasteiger partial charge in [-0.3, -0.25) is 9.59 Å². The number of carbonyl (C=O) groups is 2. The number of nitrogens with zero attached hydrogens (tertiary/aromatic N) is 3. The first kappa shape index (κ1) is 18.2. The largest absolute Gasteiger partial charge is 0.460 e. The topological polar surface area (TPSA) is 64.4 Å². The summed E-state index contributed by atoms with van der Waals surface area (Å²) < 4.78 is 7.59. The summed E-state index contributed by atoms with van der Waals surface area (Å²) >= 11 is 1.74. The number of aromatic nitrogens is 2. The first-order valence-electron chi connectivity index (χ1n) is 9.62. The van der Waals surface area contributed by atoms with E-state index in [-0.39, 0.29) is 18.0 Å². The molecule has 0 aliphatic carbocycles. The summed E-state index contributed by atoms with van der Waals surface area (Å²) in [6.07, 6.45) is 9.86. The molecule has 1 unspecified atom stereocenters. The van der Waals surface area contributed by atoms with Crippen LogP contribution in [0.1, 0.15) is 37.0 Å². The lowest BCUT2D eigenvalue weighted by atomic mass is 9.76. The molecular formula is C20H25N3O3S. The first-order valence-corrected chi connectivity index (χ1v) is 10.5. The minimum Gasteiger partial charge on any atom is -0.460 e. The Bertz CT molecular complexity index is 765. The van der Waals surface area contributed by atoms with Gasteiger partial charge >= 0.3 is 5.97 Å². The lowest BCUT2D eigenvalue weighted by molar-refractivity contribution is -0.152. The monoisotopic (exact) mass is 387 g/mol. The van der Waals surface area contributed by atoms with E-state index in [0.717, 1.165) is 19.3 Å². The molecule has 27 heavy (non-hydrogen) atoms. The molecule has 0 radical (unpaired) electrons. The molecule has 0 saturated carbocycles. The fourth-order valence-corrected chi connectivity index (χ4v) is 4.94. The van der Waals surface area contributed by atoms with Crippen molar-refractivity contribution in [1.29, 1.82) is 0 Å². The molecule has 2 aromatic rings. The van der Waals surface area contributed by atoms with Gasteiger partial charge in [-0.1, -0.05) is 6.07 Å². The second-order valence-electron chi connectivity index (χ2n) is 7.58. The highest BCUT2D eigenvalue weighted by atomic mass is 32.1. The summed E-state index contributed by atoms with van der Waals surface area (Å²) in [4.78, 5) is 32.3. The van der Waals surface area contributed by atoms with E-state index in [1.165, 1.54) is 4.88 Å². The van der Waals surface area contributed by atoms with Crippen LogP contribution in [0.5, 0.6) is 0 Å². The second kappa shape index (κ2) is 7.84. The van der Waals surface area contributed by atoms with Gasteiger partial charge in [-0.15, -0.1) is 11.3 Å². The third-order valence-electron chi connectivity index (χ3n) is 5.77. The van der Waals surface area contributed by atoms with Crippen molar-refractivity contribution in [3.05, 3.63) is 41.1 Å². The summed E-state index contributed by atoms with van der Waals surface area (Å²) in [6.45, 7) is 1.97. The molecular weight excluding hydrogens is 362 g/mol. The van der Waals surface area contributed by atoms with Gasteiger partial charge in [0.2, 0.25) is 5.91 Å². The fourth-order valence-electron chi connectivity index (χ4n) is 4.19. The SMILES string of the molecule is O=C(CCCc1cccs1)N1CCC2(CC1)CC(Cn1ccnc1)OC2=O. The Morgan fingerprint density at radius 3 is 2.93 bits per heavy atom. The fraction of sp³-hybridized carbons (Fsp3) is 0.550. The average molecular weight is 388 g/mol. The van der Waals surface area contributed by atoms with Crippen molar-refractivity contribution in [3.8, 4) is 0 Å². The summed E-state index contributed by atoms with van der Waals surface area (Å²) in [7, 11) is 0. The van der Waals surface area contributed by atoms with Gasteiger partial charge in [0.25, 0.3) is 0 Å². The Morgan fingerprint density at radius 1 is 1.37 bits per heavy atom. The van der Waals surface area contributed by atoms with Gasteiger partial charge in [-0.2, -0.15) is 0 Å². The minimum atomic E-state index is -0.404. The Labute approximate surface area is 163 Å². The Kier molecular flexibility index (Phi) is 5.29. The van der Waals surface area contributed by atoms with Gasteiger partial charge in [-0.25, -0.2) is 4.98 Å². The quantitative estimate of drug-likeness (QED) is 0.715. The zero-order valence-corrected chi connectivity index (χ0v) is 16.2. The van der Waals surface area contributed by atoms with Crippen molar-refractivity contribution in [2.45, 2.75) is 51.2 Å². The van der Waals surface area contributed by atoms with E-state index in [1.54, 1.807) is 23.9 Å². The maximum absolute atomic E-state index is 12.5. The van der Waals surface area contributed by atoms with E-state index in [9.17, 15) is 9.59 Å². The number of thiophene rings is 1. The van der Waals surface area contributed by atoms with Crippen LogP contribution in [-0.4, -0.2) is 45.5 Å². The molecule has 1 amide bonds. The zero-order chi connectivity index (χ0) is 18.7. The van der Waals surface area contributed by atoms with E-state index in [1.807, 2.05) is 21.7 Å². The number of imidazole rings is 1. The van der Waals surface area contributed by atoms with Gasteiger partial charge < -0.3 is 14.2 Å². The Balaban J connectivity index is 1.25. The van der Waals surface area contributed by atoms with Crippen LogP contribution in [0.15, 0.2) is 36.2 Å². The molecule has 4 heterocycles. The number of cyclic esters (lactones) is 1. The number of carbonyl (C=O) groups excluding carboxylic acids is 2. The summed E-state index contributed by atoms with van der Waals surface area (Å²) in [5.41, 5.74) is -0.404. The second-order valence-corrected chi connectivity index (χ2v) is 8.62. The van der Waals surface area contributed by atoms with Crippen LogP contribution < -0.4 is 0 Å². The first-order chi connectivity index (χ1) is 13.1. The third-order valence-corrected chi connectivity index (χ3v) is 6.70. The van der Waals surface area contributed by atoms with Crippen molar-refractivity contribution in [3.63, 3.8) is 0 Å². The summed E-state index contributed by atoms with van der Waals surface area (Å²) in [6, 6.07) is 4.17. The van der Waals surface area contributed by atoms with Crippen LogP contribution >= 0.6 is 11.3 Å². The zero-order valence-electron chi connectivity index (χ0n) is 15.4. The number of likely N-dealkylation sites (tertiary alicyclic amines) is 1. The van der Waals surface area contributed by atoms with E-state index in [2.05, 4.69) is 16.4 Å². The molecule has 2 aromatic heterocycles. The van der Waals surface area contributed by atoms with Crippen molar-refractivity contribution in [1.82, 2.24) is 14.5 Å². The van der Waals surface area contributed by atoms with E-state index in [4.69, 9.17) is 4.74 Å². The Morgan fingerprint density at radius 2 is 2.22 bits per heavy atom. The van der Waals surface area contributed by atoms with Crippen LogP contribution in [0, 0.1) is 5.41 Å². The van der Waals surface area contributed by atoms with Crippen LogP contribution in [0.4, 0.5) is 0 Å². The van der Waals surface area contributed by atoms with Crippen LogP contribution in [0.3, 0.4) is 0 Å². The van der Waals surface area contributed by atoms with Gasteiger partial charge in [0.05, 0.1) is 18.3 Å². The Hall–Kier alpha value is -2.15. The van der Waals surface area contributed by atoms with Gasteiger partial charge in [0.15, 0.2) is 0 Å². The molecule has 6 nitrogen and oxygen atoms in total. The molecule has 1 spiro atoms. The highest BCUT2D eigenvalue weighted by Crippen LogP contribution is 2.43. The molecule has 1 atom stereocenters. The molecule has 0 bridgehead atoms. The molecule has 0 N–H and O–H groups in total. The number of hydrogen-bond acceptors (Lipinski definition) is 5. The molecule has 2 fully saturated rings. The predicted molar refractivity (Wildman–Crippen MR) is 102 cm³/mol. The number of amides is 1. The average Bonchev–Trinajstić information content (AvgIpc) is 3.40. The van der Waals surface area contributed by atoms with Crippen LogP contribution in [-0.2, 0) is 27.3 Å². The lowest BCUT2D eigenvalue weighted by Gasteiger charge is -2.36. The number of rotatable bonds is 6. The summed E-state index contributed by atoms with van der Waals surface area (Å²) in [5, 5.41) is 2.07. The van der Waals surface area contributed by atoms with E-state index < -0.39 is 5.41 Å². The maximum atomic E-state index is 12.5. The highest BCUT2D eigenvalue weighted by Gasteiger charge is 2.50. The van der Waals surface area contributed by atoms with Crippen molar-refractivity contribution >= 4 is 23.2 Å². The number of aryl methyl sites for hydroxylation is 1. The van der Waals surface area contributed by atoms with Gasteiger partial charge in [-0.05, 0) is 37.1 Å². The molecule has 144 valence electrons. The number of esters is 1. The molecule has 0 aromatic carbocycles.